The summed E-state index contributed by atoms with van der Waals surface area (Å²) in [5, 5.41) is 0.0618. The van der Waals surface area contributed by atoms with Crippen LogP contribution in [-0.4, -0.2) is 63.9 Å². The van der Waals surface area contributed by atoms with Crippen molar-refractivity contribution in [3.05, 3.63) is 82.4 Å². The van der Waals surface area contributed by atoms with Crippen molar-refractivity contribution < 1.29 is 31.5 Å². The molecular weight excluding hydrogens is 576 g/mol. The van der Waals surface area contributed by atoms with Gasteiger partial charge in [-0.2, -0.15) is 4.31 Å². The maximum Gasteiger partial charge on any atom is 0.247 e. The second kappa shape index (κ2) is 13.2. The van der Waals surface area contributed by atoms with Gasteiger partial charge >= 0.3 is 0 Å². The molecule has 0 saturated heterocycles. The predicted molar refractivity (Wildman–Crippen MR) is 153 cm³/mol. The molecule has 1 aliphatic heterocycles. The van der Waals surface area contributed by atoms with Crippen molar-refractivity contribution in [1.82, 2.24) is 9.21 Å². The SMILES string of the molecule is COc1cc(OC)c(S(=O)(=O)N2CCN(Cc3ccccc3)CCCN(C(C)=O)c3cc(F)c(F)cc3C2)cc1Cl. The summed E-state index contributed by atoms with van der Waals surface area (Å²) >= 11 is 6.31. The van der Waals surface area contributed by atoms with E-state index >= 15 is 0 Å². The lowest BCUT2D eigenvalue weighted by molar-refractivity contribution is -0.116. The summed E-state index contributed by atoms with van der Waals surface area (Å²) in [5.74, 6) is -2.40. The monoisotopic (exact) mass is 607 g/mol. The molecule has 0 aliphatic carbocycles. The molecule has 3 aromatic rings. The van der Waals surface area contributed by atoms with Crippen molar-refractivity contribution in [3.63, 3.8) is 0 Å². The minimum Gasteiger partial charge on any atom is -0.495 e. The Morgan fingerprint density at radius 3 is 2.27 bits per heavy atom. The van der Waals surface area contributed by atoms with Crippen LogP contribution in [0.4, 0.5) is 14.5 Å². The number of carbonyl (C=O) groups excluding carboxylic acids is 1. The summed E-state index contributed by atoms with van der Waals surface area (Å²) in [7, 11) is -1.58. The second-order valence-electron chi connectivity index (χ2n) is 9.66. The summed E-state index contributed by atoms with van der Waals surface area (Å²) in [6, 6.07) is 14.2. The molecule has 1 amide bonds. The molecule has 3 aromatic carbocycles. The molecule has 0 atom stereocenters. The van der Waals surface area contributed by atoms with Crippen LogP contribution < -0.4 is 14.4 Å². The van der Waals surface area contributed by atoms with E-state index in [0.717, 1.165) is 17.7 Å². The highest BCUT2D eigenvalue weighted by Crippen LogP contribution is 2.37. The van der Waals surface area contributed by atoms with E-state index in [-0.39, 0.29) is 58.2 Å². The minimum absolute atomic E-state index is 0.0116. The summed E-state index contributed by atoms with van der Waals surface area (Å²) in [6.45, 7) is 2.68. The van der Waals surface area contributed by atoms with Crippen molar-refractivity contribution in [1.29, 1.82) is 0 Å². The number of fused-ring (bicyclic) bond motifs is 1. The number of carbonyl (C=O) groups is 1. The van der Waals surface area contributed by atoms with Gasteiger partial charge in [0, 0.05) is 58.3 Å². The predicted octanol–water partition coefficient (Wildman–Crippen LogP) is 5.09. The molecule has 12 heteroatoms. The number of methoxy groups -OCH3 is 2. The molecule has 0 fully saturated rings. The number of hydrogen-bond acceptors (Lipinski definition) is 6. The van der Waals surface area contributed by atoms with Crippen LogP contribution in [0.5, 0.6) is 11.5 Å². The van der Waals surface area contributed by atoms with Crippen LogP contribution in [0.3, 0.4) is 0 Å². The highest BCUT2D eigenvalue weighted by Gasteiger charge is 2.32. The zero-order valence-electron chi connectivity index (χ0n) is 23.1. The largest absolute Gasteiger partial charge is 0.495 e. The third-order valence-corrected chi connectivity index (χ3v) is 9.13. The van der Waals surface area contributed by atoms with Crippen molar-refractivity contribution in [3.8, 4) is 11.5 Å². The minimum atomic E-state index is -4.31. The number of benzene rings is 3. The van der Waals surface area contributed by atoms with E-state index in [1.165, 1.54) is 42.5 Å². The molecule has 4 rings (SSSR count). The standard InChI is InChI=1S/C29H32ClF2N3O5S/c1-20(36)35-11-7-10-33(18-21-8-5-4-6-9-21)12-13-34(19-22-14-24(31)25(32)16-26(22)35)41(37,38)29-15-23(30)27(39-2)17-28(29)40-3/h4-6,8-9,14-17H,7,10-13,18-19H2,1-3H3. The van der Waals surface area contributed by atoms with Gasteiger partial charge in [-0.05, 0) is 29.7 Å². The van der Waals surface area contributed by atoms with Gasteiger partial charge in [-0.15, -0.1) is 0 Å². The first-order chi connectivity index (χ1) is 19.5. The average molecular weight is 608 g/mol. The molecular formula is C29H32ClF2N3O5S. The second-order valence-corrected chi connectivity index (χ2v) is 12.0. The van der Waals surface area contributed by atoms with E-state index in [1.807, 2.05) is 30.3 Å². The number of amides is 1. The number of ether oxygens (including phenoxy) is 2. The third kappa shape index (κ3) is 6.98. The molecule has 0 unspecified atom stereocenters. The summed E-state index contributed by atoms with van der Waals surface area (Å²) in [4.78, 5) is 15.9. The Hall–Kier alpha value is -3.25. The number of halogens is 3. The van der Waals surface area contributed by atoms with Gasteiger partial charge in [-0.3, -0.25) is 9.69 Å². The van der Waals surface area contributed by atoms with Gasteiger partial charge in [0.05, 0.1) is 24.9 Å². The zero-order chi connectivity index (χ0) is 29.7. The molecule has 0 aromatic heterocycles. The van der Waals surface area contributed by atoms with E-state index in [0.29, 0.717) is 26.1 Å². The highest BCUT2D eigenvalue weighted by molar-refractivity contribution is 7.89. The molecule has 220 valence electrons. The molecule has 1 heterocycles. The first kappa shape index (κ1) is 30.7. The van der Waals surface area contributed by atoms with Crippen molar-refractivity contribution >= 4 is 33.2 Å². The van der Waals surface area contributed by atoms with Crippen molar-refractivity contribution in [2.75, 3.05) is 45.3 Å². The van der Waals surface area contributed by atoms with Crippen LogP contribution in [-0.2, 0) is 27.9 Å². The van der Waals surface area contributed by atoms with Crippen LogP contribution in [0.1, 0.15) is 24.5 Å². The van der Waals surface area contributed by atoms with E-state index in [9.17, 15) is 22.0 Å². The van der Waals surface area contributed by atoms with E-state index in [4.69, 9.17) is 21.1 Å². The Balaban J connectivity index is 1.83. The third-order valence-electron chi connectivity index (χ3n) is 6.97. The average Bonchev–Trinajstić information content (AvgIpc) is 2.97. The molecule has 41 heavy (non-hydrogen) atoms. The van der Waals surface area contributed by atoms with E-state index < -0.39 is 21.7 Å². The lowest BCUT2D eigenvalue weighted by Crippen LogP contribution is -2.38. The molecule has 0 spiro atoms. The lowest BCUT2D eigenvalue weighted by atomic mass is 10.1. The van der Waals surface area contributed by atoms with Crippen molar-refractivity contribution in [2.24, 2.45) is 0 Å². The molecule has 0 radical (unpaired) electrons. The fourth-order valence-corrected chi connectivity index (χ4v) is 6.75. The van der Waals surface area contributed by atoms with E-state index in [2.05, 4.69) is 4.90 Å². The topological polar surface area (TPSA) is 79.4 Å². The van der Waals surface area contributed by atoms with Gasteiger partial charge in [0.1, 0.15) is 16.4 Å². The van der Waals surface area contributed by atoms with Gasteiger partial charge in [0.2, 0.25) is 15.9 Å². The summed E-state index contributed by atoms with van der Waals surface area (Å²) in [6.07, 6.45) is 0.527. The maximum atomic E-state index is 14.5. The quantitative estimate of drug-likeness (QED) is 0.389. The number of nitrogens with zero attached hydrogens (tertiary/aromatic N) is 3. The zero-order valence-corrected chi connectivity index (χ0v) is 24.6. The van der Waals surface area contributed by atoms with Crippen LogP contribution >= 0.6 is 11.6 Å². The fraction of sp³-hybridized carbons (Fsp3) is 0.345. The first-order valence-electron chi connectivity index (χ1n) is 13.0. The van der Waals surface area contributed by atoms with Crippen LogP contribution in [0.25, 0.3) is 0 Å². The van der Waals surface area contributed by atoms with Gasteiger partial charge in [-0.1, -0.05) is 41.9 Å². The Labute approximate surface area is 244 Å². The molecule has 0 bridgehead atoms. The Bertz CT molecular complexity index is 1510. The van der Waals surface area contributed by atoms with Crippen LogP contribution in [0.15, 0.2) is 59.5 Å². The summed E-state index contributed by atoms with van der Waals surface area (Å²) in [5.41, 5.74) is 1.31. The van der Waals surface area contributed by atoms with Gasteiger partial charge in [0.15, 0.2) is 11.6 Å². The molecule has 0 N–H and O–H groups in total. The number of anilines is 1. The summed E-state index contributed by atoms with van der Waals surface area (Å²) < 4.78 is 69.1. The van der Waals surface area contributed by atoms with Gasteiger partial charge < -0.3 is 14.4 Å². The smallest absolute Gasteiger partial charge is 0.247 e. The van der Waals surface area contributed by atoms with E-state index in [1.54, 1.807) is 0 Å². The first-order valence-corrected chi connectivity index (χ1v) is 14.8. The molecule has 8 nitrogen and oxygen atoms in total. The lowest BCUT2D eigenvalue weighted by Gasteiger charge is -2.28. The van der Waals surface area contributed by atoms with Crippen molar-refractivity contribution in [2.45, 2.75) is 31.3 Å². The number of sulfonamides is 1. The Kier molecular flexibility index (Phi) is 9.85. The normalized spacial score (nSPS) is 15.6. The number of hydrogen-bond donors (Lipinski definition) is 0. The van der Waals surface area contributed by atoms with Gasteiger partial charge in [0.25, 0.3) is 0 Å². The Morgan fingerprint density at radius 2 is 1.61 bits per heavy atom. The van der Waals surface area contributed by atoms with Gasteiger partial charge in [-0.25, -0.2) is 17.2 Å². The maximum absolute atomic E-state index is 14.5. The van der Waals surface area contributed by atoms with Crippen LogP contribution in [0, 0.1) is 11.6 Å². The Morgan fingerprint density at radius 1 is 0.927 bits per heavy atom. The molecule has 0 saturated carbocycles. The fourth-order valence-electron chi connectivity index (χ4n) is 4.87. The van der Waals surface area contributed by atoms with Crippen LogP contribution in [0.2, 0.25) is 5.02 Å². The number of rotatable bonds is 6. The molecule has 1 aliphatic rings. The highest BCUT2D eigenvalue weighted by atomic mass is 35.5.